The first-order chi connectivity index (χ1) is 11.4. The highest BCUT2D eigenvalue weighted by Gasteiger charge is 2.37. The van der Waals surface area contributed by atoms with Crippen LogP contribution in [0.15, 0.2) is 51.8 Å². The SMILES string of the molecule is COc1ccc([C@@H]2SCCN2S(=O)(=O)c2ccc(C)cc2)cc1Br. The molecular weight excluding hydrogens is 410 g/mol. The smallest absolute Gasteiger partial charge is 0.244 e. The normalized spacial score (nSPS) is 18.7. The van der Waals surface area contributed by atoms with Crippen molar-refractivity contribution in [1.82, 2.24) is 4.31 Å². The molecule has 4 nitrogen and oxygen atoms in total. The molecule has 2 aromatic rings. The minimum atomic E-state index is -3.52. The lowest BCUT2D eigenvalue weighted by Crippen LogP contribution is -2.30. The van der Waals surface area contributed by atoms with Gasteiger partial charge >= 0.3 is 0 Å². The lowest BCUT2D eigenvalue weighted by atomic mass is 10.2. The molecule has 0 unspecified atom stereocenters. The van der Waals surface area contributed by atoms with Gasteiger partial charge < -0.3 is 4.74 Å². The van der Waals surface area contributed by atoms with Gasteiger partial charge in [0.15, 0.2) is 0 Å². The van der Waals surface area contributed by atoms with Crippen LogP contribution in [0.5, 0.6) is 5.75 Å². The molecule has 1 atom stereocenters. The first-order valence-corrected chi connectivity index (χ1v) is 10.8. The minimum Gasteiger partial charge on any atom is -0.496 e. The summed E-state index contributed by atoms with van der Waals surface area (Å²) in [6.07, 6.45) is 0. The number of hydrogen-bond donors (Lipinski definition) is 0. The summed E-state index contributed by atoms with van der Waals surface area (Å²) in [5, 5.41) is -0.224. The van der Waals surface area contributed by atoms with Crippen molar-refractivity contribution in [2.45, 2.75) is 17.2 Å². The zero-order valence-corrected chi connectivity index (χ0v) is 16.6. The second kappa shape index (κ2) is 7.07. The van der Waals surface area contributed by atoms with Crippen LogP contribution in [0.4, 0.5) is 0 Å². The number of hydrogen-bond acceptors (Lipinski definition) is 4. The van der Waals surface area contributed by atoms with Gasteiger partial charge in [-0.15, -0.1) is 11.8 Å². The zero-order chi connectivity index (χ0) is 17.3. The summed E-state index contributed by atoms with van der Waals surface area (Å²) in [6, 6.07) is 12.7. The number of aryl methyl sites for hydroxylation is 1. The molecular formula is C17H18BrNO3S2. The summed E-state index contributed by atoms with van der Waals surface area (Å²) >= 11 is 5.11. The number of methoxy groups -OCH3 is 1. The number of rotatable bonds is 4. The van der Waals surface area contributed by atoms with Gasteiger partial charge in [0.2, 0.25) is 10.0 Å². The third kappa shape index (κ3) is 3.35. The van der Waals surface area contributed by atoms with Crippen LogP contribution in [-0.2, 0) is 10.0 Å². The number of halogens is 1. The van der Waals surface area contributed by atoms with E-state index in [-0.39, 0.29) is 5.37 Å². The Morgan fingerprint density at radius 2 is 1.92 bits per heavy atom. The van der Waals surface area contributed by atoms with E-state index in [1.54, 1.807) is 35.3 Å². The van der Waals surface area contributed by atoms with Crippen molar-refractivity contribution in [2.24, 2.45) is 0 Å². The molecule has 0 radical (unpaired) electrons. The highest BCUT2D eigenvalue weighted by molar-refractivity contribution is 9.10. The third-order valence-corrected chi connectivity index (χ3v) is 7.83. The van der Waals surface area contributed by atoms with Crippen molar-refractivity contribution in [2.75, 3.05) is 19.4 Å². The van der Waals surface area contributed by atoms with Crippen LogP contribution in [0.2, 0.25) is 0 Å². The summed E-state index contributed by atoms with van der Waals surface area (Å²) in [5.41, 5.74) is 1.99. The van der Waals surface area contributed by atoms with Gasteiger partial charge in [0.05, 0.1) is 21.9 Å². The van der Waals surface area contributed by atoms with Gasteiger partial charge in [0, 0.05) is 12.3 Å². The molecule has 0 N–H and O–H groups in total. The van der Waals surface area contributed by atoms with E-state index in [1.165, 1.54) is 0 Å². The third-order valence-electron chi connectivity index (χ3n) is 3.94. The molecule has 3 rings (SSSR count). The predicted molar refractivity (Wildman–Crippen MR) is 101 cm³/mol. The lowest BCUT2D eigenvalue weighted by molar-refractivity contribution is 0.410. The number of nitrogens with zero attached hydrogens (tertiary/aromatic N) is 1. The Kier molecular flexibility index (Phi) is 5.24. The second-order valence-electron chi connectivity index (χ2n) is 5.55. The molecule has 2 aromatic carbocycles. The van der Waals surface area contributed by atoms with Crippen LogP contribution >= 0.6 is 27.7 Å². The van der Waals surface area contributed by atoms with Crippen molar-refractivity contribution in [3.8, 4) is 5.75 Å². The number of benzene rings is 2. The molecule has 0 aliphatic carbocycles. The van der Waals surface area contributed by atoms with E-state index in [2.05, 4.69) is 15.9 Å². The van der Waals surface area contributed by atoms with E-state index in [9.17, 15) is 8.42 Å². The van der Waals surface area contributed by atoms with Gasteiger partial charge in [-0.2, -0.15) is 4.31 Å². The van der Waals surface area contributed by atoms with Crippen molar-refractivity contribution in [3.63, 3.8) is 0 Å². The topological polar surface area (TPSA) is 46.6 Å². The lowest BCUT2D eigenvalue weighted by Gasteiger charge is -2.24. The van der Waals surface area contributed by atoms with Crippen molar-refractivity contribution in [1.29, 1.82) is 0 Å². The molecule has 1 heterocycles. The van der Waals surface area contributed by atoms with E-state index in [4.69, 9.17) is 4.74 Å². The fourth-order valence-electron chi connectivity index (χ4n) is 2.65. The Balaban J connectivity index is 1.95. The molecule has 1 aliphatic rings. The maximum Gasteiger partial charge on any atom is 0.244 e. The quantitative estimate of drug-likeness (QED) is 0.733. The van der Waals surface area contributed by atoms with Crippen LogP contribution < -0.4 is 4.74 Å². The average molecular weight is 428 g/mol. The Morgan fingerprint density at radius 3 is 2.54 bits per heavy atom. The first-order valence-electron chi connectivity index (χ1n) is 7.47. The molecule has 0 saturated carbocycles. The standard InChI is InChI=1S/C17H18BrNO3S2/c1-12-3-6-14(7-4-12)24(20,21)19-9-10-23-17(19)13-5-8-16(22-2)15(18)11-13/h3-8,11,17H,9-10H2,1-2H3/t17-/m0/s1. The zero-order valence-electron chi connectivity index (χ0n) is 13.4. The van der Waals surface area contributed by atoms with E-state index >= 15 is 0 Å². The Labute approximate surface area is 155 Å². The van der Waals surface area contributed by atoms with Gasteiger partial charge in [0.25, 0.3) is 0 Å². The average Bonchev–Trinajstić information content (AvgIpc) is 3.05. The fourth-order valence-corrected chi connectivity index (χ4v) is 6.43. The molecule has 1 fully saturated rings. The predicted octanol–water partition coefficient (Wildman–Crippen LogP) is 4.20. The first kappa shape index (κ1) is 17.8. The monoisotopic (exact) mass is 427 g/mol. The van der Waals surface area contributed by atoms with Gasteiger partial charge in [-0.3, -0.25) is 0 Å². The minimum absolute atomic E-state index is 0.224. The maximum atomic E-state index is 13.0. The van der Waals surface area contributed by atoms with Crippen LogP contribution in [0.1, 0.15) is 16.5 Å². The molecule has 0 amide bonds. The van der Waals surface area contributed by atoms with Crippen molar-refractivity contribution < 1.29 is 13.2 Å². The molecule has 0 bridgehead atoms. The van der Waals surface area contributed by atoms with Gasteiger partial charge in [-0.25, -0.2) is 8.42 Å². The summed E-state index contributed by atoms with van der Waals surface area (Å²) in [7, 11) is -1.91. The molecule has 7 heteroatoms. The summed E-state index contributed by atoms with van der Waals surface area (Å²) < 4.78 is 33.7. The van der Waals surface area contributed by atoms with E-state index in [1.807, 2.05) is 37.3 Å². The molecule has 128 valence electrons. The van der Waals surface area contributed by atoms with Gasteiger partial charge in [-0.05, 0) is 52.7 Å². The largest absolute Gasteiger partial charge is 0.496 e. The van der Waals surface area contributed by atoms with Crippen molar-refractivity contribution in [3.05, 3.63) is 58.1 Å². The van der Waals surface area contributed by atoms with Crippen molar-refractivity contribution >= 4 is 37.7 Å². The van der Waals surface area contributed by atoms with Crippen LogP contribution in [0.3, 0.4) is 0 Å². The van der Waals surface area contributed by atoms with Gasteiger partial charge in [-0.1, -0.05) is 23.8 Å². The number of sulfonamides is 1. The summed E-state index contributed by atoms with van der Waals surface area (Å²) in [6.45, 7) is 2.45. The maximum absolute atomic E-state index is 13.0. The van der Waals surface area contributed by atoms with E-state index in [0.717, 1.165) is 27.1 Å². The molecule has 0 aromatic heterocycles. The van der Waals surface area contributed by atoms with Crippen LogP contribution in [-0.4, -0.2) is 32.1 Å². The van der Waals surface area contributed by atoms with Gasteiger partial charge in [0.1, 0.15) is 5.75 Å². The fraction of sp³-hybridized carbons (Fsp3) is 0.294. The molecule has 0 spiro atoms. The van der Waals surface area contributed by atoms with Crippen LogP contribution in [0, 0.1) is 6.92 Å². The van der Waals surface area contributed by atoms with Crippen LogP contribution in [0.25, 0.3) is 0 Å². The Morgan fingerprint density at radius 1 is 1.21 bits per heavy atom. The highest BCUT2D eigenvalue weighted by Crippen LogP contribution is 2.43. The molecule has 1 saturated heterocycles. The Bertz CT molecular complexity index is 837. The highest BCUT2D eigenvalue weighted by atomic mass is 79.9. The summed E-state index contributed by atoms with van der Waals surface area (Å²) in [5.74, 6) is 1.51. The van der Waals surface area contributed by atoms with E-state index in [0.29, 0.717) is 11.4 Å². The Hall–Kier alpha value is -1.02. The summed E-state index contributed by atoms with van der Waals surface area (Å²) in [4.78, 5) is 0.341. The number of ether oxygens (including phenoxy) is 1. The second-order valence-corrected chi connectivity index (χ2v) is 9.48. The molecule has 24 heavy (non-hydrogen) atoms. The number of thioether (sulfide) groups is 1. The molecule has 1 aliphatic heterocycles. The van der Waals surface area contributed by atoms with E-state index < -0.39 is 10.0 Å².